The van der Waals surface area contributed by atoms with Gasteiger partial charge in [0.05, 0.1) is 16.8 Å². The molecule has 8 nitrogen and oxygen atoms in total. The number of hydrogen-bond acceptors (Lipinski definition) is 7. The number of fused-ring (bicyclic) bond motifs is 1. The Morgan fingerprint density at radius 3 is 2.28 bits per heavy atom. The third kappa shape index (κ3) is 4.12. The molecule has 0 bridgehead atoms. The molecule has 0 fully saturated rings. The largest absolute Gasteiger partial charge is 0.454 e. The van der Waals surface area contributed by atoms with Gasteiger partial charge in [0.15, 0.2) is 11.7 Å². The summed E-state index contributed by atoms with van der Waals surface area (Å²) in [6.07, 6.45) is 0. The topological polar surface area (TPSA) is 106 Å². The molecule has 1 aliphatic rings. The Bertz CT molecular complexity index is 1210. The molecule has 1 unspecified atom stereocenters. The second-order valence-electron chi connectivity index (χ2n) is 6.88. The van der Waals surface area contributed by atoms with E-state index in [4.69, 9.17) is 16.3 Å². The molecule has 3 aromatic rings. The fourth-order valence-corrected chi connectivity index (χ4v) is 4.16. The van der Waals surface area contributed by atoms with Crippen LogP contribution in [0.4, 0.5) is 5.13 Å². The standard InChI is InChI=1S/C22H16ClN3O5S/c1-12(26-19(28)13-6-2-3-7-14(13)20(26)29)21(30)31-10-18(27)25-22-24-17(11-32-22)15-8-4-5-9-16(15)23/h2-9,11-12H,10H2,1H3,(H,24,25,27). The molecule has 1 N–H and O–H groups in total. The summed E-state index contributed by atoms with van der Waals surface area (Å²) < 4.78 is 5.01. The number of carbonyl (C=O) groups is 4. The third-order valence-electron chi connectivity index (χ3n) is 4.80. The van der Waals surface area contributed by atoms with Crippen LogP contribution in [0.25, 0.3) is 11.3 Å². The van der Waals surface area contributed by atoms with E-state index in [2.05, 4.69) is 10.3 Å². The molecule has 0 saturated carbocycles. The van der Waals surface area contributed by atoms with Gasteiger partial charge >= 0.3 is 5.97 Å². The number of imide groups is 1. The zero-order valence-corrected chi connectivity index (χ0v) is 18.3. The van der Waals surface area contributed by atoms with Crippen LogP contribution in [-0.2, 0) is 14.3 Å². The molecule has 3 amide bonds. The van der Waals surface area contributed by atoms with Gasteiger partial charge < -0.3 is 4.74 Å². The minimum atomic E-state index is -1.18. The van der Waals surface area contributed by atoms with E-state index in [0.29, 0.717) is 15.8 Å². The maximum absolute atomic E-state index is 12.5. The van der Waals surface area contributed by atoms with E-state index in [0.717, 1.165) is 10.5 Å². The van der Waals surface area contributed by atoms with Gasteiger partial charge in [-0.1, -0.05) is 41.9 Å². The summed E-state index contributed by atoms with van der Waals surface area (Å²) in [5.74, 6) is -2.62. The first-order valence-corrected chi connectivity index (χ1v) is 10.8. The molecule has 0 aliphatic carbocycles. The quantitative estimate of drug-likeness (QED) is 0.436. The van der Waals surface area contributed by atoms with E-state index in [-0.39, 0.29) is 11.1 Å². The minimum Gasteiger partial charge on any atom is -0.454 e. The first-order chi connectivity index (χ1) is 15.4. The van der Waals surface area contributed by atoms with E-state index >= 15 is 0 Å². The highest BCUT2D eigenvalue weighted by molar-refractivity contribution is 7.14. The van der Waals surface area contributed by atoms with Crippen molar-refractivity contribution in [2.75, 3.05) is 11.9 Å². The van der Waals surface area contributed by atoms with E-state index in [1.165, 1.54) is 30.4 Å². The van der Waals surface area contributed by atoms with Crippen molar-refractivity contribution in [3.8, 4) is 11.3 Å². The van der Waals surface area contributed by atoms with Gasteiger partial charge in [-0.2, -0.15) is 0 Å². The highest BCUT2D eigenvalue weighted by atomic mass is 35.5. The van der Waals surface area contributed by atoms with Gasteiger partial charge in [0.2, 0.25) is 0 Å². The highest BCUT2D eigenvalue weighted by Gasteiger charge is 2.41. The molecule has 0 saturated heterocycles. The molecule has 2 aromatic carbocycles. The van der Waals surface area contributed by atoms with E-state index in [1.54, 1.807) is 29.6 Å². The number of benzene rings is 2. The third-order valence-corrected chi connectivity index (χ3v) is 5.89. The first-order valence-electron chi connectivity index (χ1n) is 9.50. The van der Waals surface area contributed by atoms with Gasteiger partial charge in [0.1, 0.15) is 6.04 Å². The SMILES string of the molecule is CC(C(=O)OCC(=O)Nc1nc(-c2ccccc2Cl)cs1)N1C(=O)c2ccccc2C1=O. The number of hydrogen-bond donors (Lipinski definition) is 1. The van der Waals surface area contributed by atoms with Gasteiger partial charge in [0, 0.05) is 16.0 Å². The van der Waals surface area contributed by atoms with Crippen LogP contribution in [0.5, 0.6) is 0 Å². The summed E-state index contributed by atoms with van der Waals surface area (Å²) >= 11 is 7.36. The van der Waals surface area contributed by atoms with Crippen LogP contribution in [-0.4, -0.2) is 46.2 Å². The maximum Gasteiger partial charge on any atom is 0.329 e. The van der Waals surface area contributed by atoms with Gasteiger partial charge in [-0.25, -0.2) is 9.78 Å². The number of nitrogens with zero attached hydrogens (tertiary/aromatic N) is 2. The van der Waals surface area contributed by atoms with Crippen LogP contribution in [0.15, 0.2) is 53.9 Å². The van der Waals surface area contributed by atoms with Crippen LogP contribution in [0.2, 0.25) is 5.02 Å². The van der Waals surface area contributed by atoms with Gasteiger partial charge in [-0.3, -0.25) is 24.6 Å². The second-order valence-corrected chi connectivity index (χ2v) is 8.14. The van der Waals surface area contributed by atoms with Crippen molar-refractivity contribution in [1.82, 2.24) is 9.88 Å². The lowest BCUT2D eigenvalue weighted by atomic mass is 10.1. The molecule has 0 radical (unpaired) electrons. The summed E-state index contributed by atoms with van der Waals surface area (Å²) in [5, 5.41) is 5.14. The van der Waals surface area contributed by atoms with E-state index < -0.39 is 36.3 Å². The van der Waals surface area contributed by atoms with Crippen molar-refractivity contribution in [3.63, 3.8) is 0 Å². The number of carbonyl (C=O) groups excluding carboxylic acids is 4. The Kier molecular flexibility index (Phi) is 6.02. The second kappa shape index (κ2) is 8.89. The summed E-state index contributed by atoms with van der Waals surface area (Å²) in [5.41, 5.74) is 1.79. The number of esters is 1. The Balaban J connectivity index is 1.34. The maximum atomic E-state index is 12.5. The molecule has 0 spiro atoms. The molecular formula is C22H16ClN3O5S. The van der Waals surface area contributed by atoms with E-state index in [9.17, 15) is 19.2 Å². The average molecular weight is 470 g/mol. The van der Waals surface area contributed by atoms with Crippen molar-refractivity contribution in [2.24, 2.45) is 0 Å². The number of rotatable bonds is 6. The fraction of sp³-hybridized carbons (Fsp3) is 0.136. The van der Waals surface area contributed by atoms with Gasteiger partial charge in [-0.05, 0) is 25.1 Å². The molecule has 32 heavy (non-hydrogen) atoms. The molecule has 1 aromatic heterocycles. The van der Waals surface area contributed by atoms with Crippen molar-refractivity contribution < 1.29 is 23.9 Å². The molecular weight excluding hydrogens is 454 g/mol. The Hall–Kier alpha value is -3.56. The predicted molar refractivity (Wildman–Crippen MR) is 119 cm³/mol. The Morgan fingerprint density at radius 2 is 1.66 bits per heavy atom. The Labute approximate surface area is 191 Å². The monoisotopic (exact) mass is 469 g/mol. The van der Waals surface area contributed by atoms with Crippen molar-refractivity contribution in [3.05, 3.63) is 70.1 Å². The van der Waals surface area contributed by atoms with Crippen molar-refractivity contribution in [2.45, 2.75) is 13.0 Å². The molecule has 1 aliphatic heterocycles. The molecule has 4 rings (SSSR count). The number of aromatic nitrogens is 1. The number of amides is 3. The normalized spacial score (nSPS) is 13.6. The average Bonchev–Trinajstić information content (AvgIpc) is 3.34. The summed E-state index contributed by atoms with van der Waals surface area (Å²) in [7, 11) is 0. The number of halogens is 1. The zero-order chi connectivity index (χ0) is 22.8. The summed E-state index contributed by atoms with van der Waals surface area (Å²) in [6, 6.07) is 12.3. The summed E-state index contributed by atoms with van der Waals surface area (Å²) in [4.78, 5) is 54.7. The highest BCUT2D eigenvalue weighted by Crippen LogP contribution is 2.30. The minimum absolute atomic E-state index is 0.230. The predicted octanol–water partition coefficient (Wildman–Crippen LogP) is 3.63. The van der Waals surface area contributed by atoms with Crippen LogP contribution in [0, 0.1) is 0 Å². The van der Waals surface area contributed by atoms with Gasteiger partial charge in [0.25, 0.3) is 17.7 Å². The fourth-order valence-electron chi connectivity index (χ4n) is 3.20. The number of nitrogens with one attached hydrogen (secondary N) is 1. The number of anilines is 1. The lowest BCUT2D eigenvalue weighted by Crippen LogP contribution is -2.44. The van der Waals surface area contributed by atoms with Crippen LogP contribution < -0.4 is 5.32 Å². The van der Waals surface area contributed by atoms with Crippen molar-refractivity contribution in [1.29, 1.82) is 0 Å². The van der Waals surface area contributed by atoms with Crippen LogP contribution >= 0.6 is 22.9 Å². The molecule has 2 heterocycles. The molecule has 10 heteroatoms. The first kappa shape index (κ1) is 21.7. The zero-order valence-electron chi connectivity index (χ0n) is 16.7. The van der Waals surface area contributed by atoms with E-state index in [1.807, 2.05) is 12.1 Å². The molecule has 162 valence electrons. The van der Waals surface area contributed by atoms with Crippen molar-refractivity contribution >= 4 is 51.8 Å². The molecule has 1 atom stereocenters. The van der Waals surface area contributed by atoms with Crippen LogP contribution in [0.3, 0.4) is 0 Å². The van der Waals surface area contributed by atoms with Crippen LogP contribution in [0.1, 0.15) is 27.6 Å². The lowest BCUT2D eigenvalue weighted by Gasteiger charge is -2.20. The van der Waals surface area contributed by atoms with Gasteiger partial charge in [-0.15, -0.1) is 11.3 Å². The number of thiazole rings is 1. The lowest BCUT2D eigenvalue weighted by molar-refractivity contribution is -0.150. The smallest absolute Gasteiger partial charge is 0.329 e. The Morgan fingerprint density at radius 1 is 1.06 bits per heavy atom. The number of ether oxygens (including phenoxy) is 1. The summed E-state index contributed by atoms with van der Waals surface area (Å²) in [6.45, 7) is 0.784.